The van der Waals surface area contributed by atoms with E-state index in [-0.39, 0.29) is 37.6 Å². The van der Waals surface area contributed by atoms with E-state index >= 15 is 0 Å². The van der Waals surface area contributed by atoms with Gasteiger partial charge in [0, 0.05) is 26.7 Å². The van der Waals surface area contributed by atoms with Crippen LogP contribution in [0, 0.1) is 0 Å². The number of rotatable bonds is 5. The molecule has 0 radical (unpaired) electrons. The lowest BCUT2D eigenvalue weighted by molar-refractivity contribution is -0.145. The normalized spacial score (nSPS) is 10.4. The minimum atomic E-state index is -0.487. The van der Waals surface area contributed by atoms with Gasteiger partial charge in [-0.15, -0.1) is 23.7 Å². The third-order valence-electron chi connectivity index (χ3n) is 3.28. The minimum absolute atomic E-state index is 0. The number of halogens is 1. The van der Waals surface area contributed by atoms with Gasteiger partial charge >= 0.3 is 5.97 Å². The molecule has 0 aliphatic heterocycles. The van der Waals surface area contributed by atoms with Crippen LogP contribution >= 0.6 is 23.7 Å². The fourth-order valence-electron chi connectivity index (χ4n) is 2.23. The maximum atomic E-state index is 12.6. The monoisotopic (exact) mass is 365 g/mol. The van der Waals surface area contributed by atoms with Gasteiger partial charge in [0.1, 0.15) is 12.4 Å². The van der Waals surface area contributed by atoms with Crippen LogP contribution in [0.25, 0.3) is 20.2 Å². The van der Waals surface area contributed by atoms with E-state index in [1.807, 2.05) is 30.3 Å². The Kier molecular flexibility index (Phi) is 6.14. The van der Waals surface area contributed by atoms with Gasteiger partial charge in [-0.3, -0.25) is 4.79 Å². The second kappa shape index (κ2) is 8.10. The standard InChI is InChI=1S/C17H15NO4S.ClH/c18-7-8-21-16(19)10-22-11-5-6-15-13(9-11)17(20)12-3-1-2-4-14(12)23-15;/h1-6,9H,7-8,10,18H2;1H. The maximum Gasteiger partial charge on any atom is 0.344 e. The first kappa shape index (κ1) is 18.2. The first-order valence-corrected chi connectivity index (χ1v) is 7.95. The lowest BCUT2D eigenvalue weighted by Gasteiger charge is -2.07. The van der Waals surface area contributed by atoms with Crippen LogP contribution in [0.3, 0.4) is 0 Å². The van der Waals surface area contributed by atoms with Crippen molar-refractivity contribution in [3.05, 3.63) is 52.7 Å². The Morgan fingerprint density at radius 2 is 1.83 bits per heavy atom. The molecule has 1 aromatic heterocycles. The van der Waals surface area contributed by atoms with Crippen LogP contribution in [-0.4, -0.2) is 25.7 Å². The Morgan fingerprint density at radius 1 is 1.08 bits per heavy atom. The molecule has 3 aromatic rings. The van der Waals surface area contributed by atoms with Gasteiger partial charge < -0.3 is 15.2 Å². The summed E-state index contributed by atoms with van der Waals surface area (Å²) in [7, 11) is 0. The second-order valence-electron chi connectivity index (χ2n) is 4.88. The Labute approximate surface area is 148 Å². The molecule has 0 bridgehead atoms. The third kappa shape index (κ3) is 3.84. The molecular formula is C17H16ClNO4S. The molecule has 0 saturated carbocycles. The lowest BCUT2D eigenvalue weighted by Crippen LogP contribution is -2.19. The van der Waals surface area contributed by atoms with Gasteiger partial charge in [-0.05, 0) is 30.3 Å². The Bertz CT molecular complexity index is 925. The SMILES string of the molecule is Cl.NCCOC(=O)COc1ccc2sc3ccccc3c(=O)c2c1. The van der Waals surface area contributed by atoms with Gasteiger partial charge in [0.25, 0.3) is 0 Å². The van der Waals surface area contributed by atoms with E-state index in [1.54, 1.807) is 23.5 Å². The molecule has 0 aliphatic rings. The van der Waals surface area contributed by atoms with E-state index in [4.69, 9.17) is 15.2 Å². The summed E-state index contributed by atoms with van der Waals surface area (Å²) in [6.07, 6.45) is 0. The highest BCUT2D eigenvalue weighted by Gasteiger charge is 2.08. The molecule has 0 amide bonds. The van der Waals surface area contributed by atoms with E-state index in [1.165, 1.54) is 0 Å². The molecule has 2 aromatic carbocycles. The highest BCUT2D eigenvalue weighted by Crippen LogP contribution is 2.27. The van der Waals surface area contributed by atoms with Crippen LogP contribution in [-0.2, 0) is 9.53 Å². The van der Waals surface area contributed by atoms with E-state index in [2.05, 4.69) is 0 Å². The number of carbonyl (C=O) groups is 1. The summed E-state index contributed by atoms with van der Waals surface area (Å²) in [4.78, 5) is 24.0. The van der Waals surface area contributed by atoms with Crippen molar-refractivity contribution >= 4 is 49.9 Å². The first-order chi connectivity index (χ1) is 11.2. The molecule has 2 N–H and O–H groups in total. The van der Waals surface area contributed by atoms with Crippen molar-refractivity contribution in [3.8, 4) is 5.75 Å². The van der Waals surface area contributed by atoms with E-state index in [0.29, 0.717) is 16.5 Å². The van der Waals surface area contributed by atoms with Crippen molar-refractivity contribution in [1.82, 2.24) is 0 Å². The number of ether oxygens (including phenoxy) is 2. The summed E-state index contributed by atoms with van der Waals surface area (Å²) in [6, 6.07) is 12.7. The van der Waals surface area contributed by atoms with Gasteiger partial charge in [0.15, 0.2) is 12.0 Å². The lowest BCUT2D eigenvalue weighted by atomic mass is 10.2. The molecule has 0 saturated heterocycles. The Hall–Kier alpha value is -2.15. The molecule has 5 nitrogen and oxygen atoms in total. The predicted molar refractivity (Wildman–Crippen MR) is 98.4 cm³/mol. The van der Waals surface area contributed by atoms with Gasteiger partial charge in [-0.1, -0.05) is 12.1 Å². The Morgan fingerprint density at radius 3 is 2.62 bits per heavy atom. The summed E-state index contributed by atoms with van der Waals surface area (Å²) in [5.74, 6) is -0.0269. The second-order valence-corrected chi connectivity index (χ2v) is 5.97. The molecule has 126 valence electrons. The van der Waals surface area contributed by atoms with E-state index < -0.39 is 5.97 Å². The van der Waals surface area contributed by atoms with Crippen molar-refractivity contribution in [2.75, 3.05) is 19.8 Å². The van der Waals surface area contributed by atoms with Gasteiger partial charge in [-0.25, -0.2) is 4.79 Å². The van der Waals surface area contributed by atoms with Crippen LogP contribution in [0.1, 0.15) is 0 Å². The number of esters is 1. The average Bonchev–Trinajstić information content (AvgIpc) is 2.58. The fraction of sp³-hybridized carbons (Fsp3) is 0.176. The van der Waals surface area contributed by atoms with Crippen molar-refractivity contribution in [2.45, 2.75) is 0 Å². The zero-order valence-electron chi connectivity index (χ0n) is 12.7. The molecule has 7 heteroatoms. The van der Waals surface area contributed by atoms with Gasteiger partial charge in [0.05, 0.1) is 0 Å². The smallest absolute Gasteiger partial charge is 0.344 e. The summed E-state index contributed by atoms with van der Waals surface area (Å²) < 4.78 is 12.1. The number of benzene rings is 2. The first-order valence-electron chi connectivity index (χ1n) is 7.13. The minimum Gasteiger partial charge on any atom is -0.482 e. The van der Waals surface area contributed by atoms with Crippen LogP contribution in [0.15, 0.2) is 47.3 Å². The van der Waals surface area contributed by atoms with Crippen LogP contribution in [0.5, 0.6) is 5.75 Å². The molecule has 24 heavy (non-hydrogen) atoms. The maximum absolute atomic E-state index is 12.6. The molecular weight excluding hydrogens is 350 g/mol. The number of carbonyl (C=O) groups excluding carboxylic acids is 1. The van der Waals surface area contributed by atoms with Crippen molar-refractivity contribution in [3.63, 3.8) is 0 Å². The third-order valence-corrected chi connectivity index (χ3v) is 4.44. The Balaban J connectivity index is 0.00000208. The largest absolute Gasteiger partial charge is 0.482 e. The van der Waals surface area contributed by atoms with Crippen LogP contribution in [0.2, 0.25) is 0 Å². The average molecular weight is 366 g/mol. The van der Waals surface area contributed by atoms with Crippen LogP contribution in [0.4, 0.5) is 0 Å². The molecule has 0 atom stereocenters. The highest BCUT2D eigenvalue weighted by atomic mass is 35.5. The van der Waals surface area contributed by atoms with E-state index in [9.17, 15) is 9.59 Å². The molecule has 0 fully saturated rings. The molecule has 0 spiro atoms. The summed E-state index contributed by atoms with van der Waals surface area (Å²) in [5.41, 5.74) is 5.22. The molecule has 1 heterocycles. The predicted octanol–water partition coefficient (Wildman–Crippen LogP) is 2.72. The van der Waals surface area contributed by atoms with Crippen molar-refractivity contribution in [2.24, 2.45) is 5.73 Å². The molecule has 0 unspecified atom stereocenters. The quantitative estimate of drug-likeness (QED) is 0.555. The summed E-state index contributed by atoms with van der Waals surface area (Å²) >= 11 is 1.55. The fourth-order valence-corrected chi connectivity index (χ4v) is 3.28. The number of hydrogen-bond donors (Lipinski definition) is 1. The number of nitrogens with two attached hydrogens (primary N) is 1. The van der Waals surface area contributed by atoms with Crippen molar-refractivity contribution in [1.29, 1.82) is 0 Å². The van der Waals surface area contributed by atoms with Crippen molar-refractivity contribution < 1.29 is 14.3 Å². The summed E-state index contributed by atoms with van der Waals surface area (Å²) in [6.45, 7) is 0.227. The topological polar surface area (TPSA) is 78.6 Å². The zero-order valence-corrected chi connectivity index (χ0v) is 14.3. The van der Waals surface area contributed by atoms with Crippen LogP contribution < -0.4 is 15.9 Å². The zero-order chi connectivity index (χ0) is 16.2. The molecule has 3 rings (SSSR count). The van der Waals surface area contributed by atoms with Gasteiger partial charge in [-0.2, -0.15) is 0 Å². The molecule has 0 aliphatic carbocycles. The van der Waals surface area contributed by atoms with E-state index in [0.717, 1.165) is 9.40 Å². The number of fused-ring (bicyclic) bond motifs is 2. The summed E-state index contributed by atoms with van der Waals surface area (Å²) in [5, 5.41) is 1.27. The highest BCUT2D eigenvalue weighted by molar-refractivity contribution is 7.24. The number of hydrogen-bond acceptors (Lipinski definition) is 6. The van der Waals surface area contributed by atoms with Gasteiger partial charge in [0.2, 0.25) is 0 Å².